The predicted molar refractivity (Wildman–Crippen MR) is 86.9 cm³/mol. The maximum atomic E-state index is 12.2. The molecule has 0 saturated carbocycles. The highest BCUT2D eigenvalue weighted by Gasteiger charge is 2.33. The number of nitrogens with one attached hydrogen (secondary N) is 1. The SMILES string of the molecule is C[C@H](NC(=O)[C@H]1CCS(=O)(=O)C1)c1cccc(-n2ccnc2)c1. The fourth-order valence-corrected chi connectivity index (χ4v) is 4.52. The van der Waals surface area contributed by atoms with Crippen molar-refractivity contribution in [2.24, 2.45) is 5.92 Å². The largest absolute Gasteiger partial charge is 0.349 e. The quantitative estimate of drug-likeness (QED) is 0.919. The summed E-state index contributed by atoms with van der Waals surface area (Å²) < 4.78 is 24.9. The summed E-state index contributed by atoms with van der Waals surface area (Å²) in [6.07, 6.45) is 5.69. The van der Waals surface area contributed by atoms with Crippen LogP contribution in [0.5, 0.6) is 0 Å². The Hall–Kier alpha value is -2.15. The van der Waals surface area contributed by atoms with E-state index in [0.717, 1.165) is 11.3 Å². The Bertz CT molecular complexity index is 800. The third-order valence-corrected chi connectivity index (χ3v) is 5.90. The third-order valence-electron chi connectivity index (χ3n) is 4.13. The van der Waals surface area contributed by atoms with Gasteiger partial charge in [0.2, 0.25) is 5.91 Å². The topological polar surface area (TPSA) is 81.1 Å². The van der Waals surface area contributed by atoms with Crippen LogP contribution in [-0.4, -0.2) is 35.4 Å². The van der Waals surface area contributed by atoms with Gasteiger partial charge in [-0.2, -0.15) is 0 Å². The fourth-order valence-electron chi connectivity index (χ4n) is 2.78. The highest BCUT2D eigenvalue weighted by molar-refractivity contribution is 7.91. The molecule has 1 amide bonds. The molecule has 1 aromatic heterocycles. The molecule has 2 heterocycles. The second-order valence-corrected chi connectivity index (χ2v) is 8.12. The lowest BCUT2D eigenvalue weighted by Gasteiger charge is -2.17. The predicted octanol–water partition coefficient (Wildman–Crippen LogP) is 1.48. The first kappa shape index (κ1) is 15.7. The third kappa shape index (κ3) is 3.61. The van der Waals surface area contributed by atoms with E-state index in [0.29, 0.717) is 6.42 Å². The molecule has 2 atom stereocenters. The first-order valence-corrected chi connectivity index (χ1v) is 9.36. The molecule has 1 fully saturated rings. The molecule has 1 aromatic carbocycles. The van der Waals surface area contributed by atoms with Crippen molar-refractivity contribution in [3.05, 3.63) is 48.5 Å². The molecule has 6 nitrogen and oxygen atoms in total. The second-order valence-electron chi connectivity index (χ2n) is 5.90. The van der Waals surface area contributed by atoms with Crippen molar-refractivity contribution < 1.29 is 13.2 Å². The zero-order chi connectivity index (χ0) is 16.4. The Morgan fingerprint density at radius 3 is 2.91 bits per heavy atom. The summed E-state index contributed by atoms with van der Waals surface area (Å²) >= 11 is 0. The highest BCUT2D eigenvalue weighted by Crippen LogP contribution is 2.21. The minimum atomic E-state index is -3.05. The first-order valence-electron chi connectivity index (χ1n) is 7.54. The molecule has 7 heteroatoms. The van der Waals surface area contributed by atoms with Gasteiger partial charge in [-0.25, -0.2) is 13.4 Å². The summed E-state index contributed by atoms with van der Waals surface area (Å²) in [4.78, 5) is 16.3. The molecule has 0 radical (unpaired) electrons. The summed E-state index contributed by atoms with van der Waals surface area (Å²) in [7, 11) is -3.05. The molecular formula is C16H19N3O3S. The van der Waals surface area contributed by atoms with Gasteiger partial charge in [0.15, 0.2) is 9.84 Å². The molecule has 1 aliphatic heterocycles. The lowest BCUT2D eigenvalue weighted by atomic mass is 10.0. The molecule has 23 heavy (non-hydrogen) atoms. The average molecular weight is 333 g/mol. The van der Waals surface area contributed by atoms with Crippen molar-refractivity contribution in [3.63, 3.8) is 0 Å². The van der Waals surface area contributed by atoms with Gasteiger partial charge in [-0.05, 0) is 31.0 Å². The smallest absolute Gasteiger partial charge is 0.224 e. The van der Waals surface area contributed by atoms with Gasteiger partial charge in [0.1, 0.15) is 0 Å². The Balaban J connectivity index is 1.70. The molecule has 1 N–H and O–H groups in total. The molecule has 2 aromatic rings. The minimum Gasteiger partial charge on any atom is -0.349 e. The second kappa shape index (κ2) is 6.16. The van der Waals surface area contributed by atoms with E-state index in [1.807, 2.05) is 42.0 Å². The van der Waals surface area contributed by atoms with Crippen LogP contribution < -0.4 is 5.32 Å². The van der Waals surface area contributed by atoms with Crippen molar-refractivity contribution in [1.82, 2.24) is 14.9 Å². The van der Waals surface area contributed by atoms with Crippen molar-refractivity contribution in [2.45, 2.75) is 19.4 Å². The van der Waals surface area contributed by atoms with Gasteiger partial charge in [0.05, 0.1) is 29.8 Å². The summed E-state index contributed by atoms with van der Waals surface area (Å²) in [5.41, 5.74) is 1.93. The number of imidazole rings is 1. The van der Waals surface area contributed by atoms with Crippen LogP contribution >= 0.6 is 0 Å². The van der Waals surface area contributed by atoms with E-state index in [1.165, 1.54) is 0 Å². The van der Waals surface area contributed by atoms with Crippen molar-refractivity contribution in [3.8, 4) is 5.69 Å². The number of nitrogens with zero attached hydrogens (tertiary/aromatic N) is 2. The molecule has 0 bridgehead atoms. The van der Waals surface area contributed by atoms with E-state index in [1.54, 1.807) is 12.5 Å². The van der Waals surface area contributed by atoms with Gasteiger partial charge in [0, 0.05) is 18.1 Å². The molecule has 122 valence electrons. The van der Waals surface area contributed by atoms with E-state index in [2.05, 4.69) is 10.3 Å². The number of benzene rings is 1. The molecule has 0 aliphatic carbocycles. The number of sulfone groups is 1. The van der Waals surface area contributed by atoms with E-state index in [9.17, 15) is 13.2 Å². The van der Waals surface area contributed by atoms with Gasteiger partial charge in [-0.15, -0.1) is 0 Å². The number of carbonyl (C=O) groups excluding carboxylic acids is 1. The number of hydrogen-bond acceptors (Lipinski definition) is 4. The van der Waals surface area contributed by atoms with Crippen LogP contribution in [0, 0.1) is 5.92 Å². The van der Waals surface area contributed by atoms with Crippen LogP contribution in [0.1, 0.15) is 24.9 Å². The summed E-state index contributed by atoms with van der Waals surface area (Å²) in [6, 6.07) is 7.63. The highest BCUT2D eigenvalue weighted by atomic mass is 32.2. The van der Waals surface area contributed by atoms with Gasteiger partial charge >= 0.3 is 0 Å². The number of aromatic nitrogens is 2. The molecule has 1 saturated heterocycles. The van der Waals surface area contributed by atoms with Gasteiger partial charge in [-0.3, -0.25) is 4.79 Å². The lowest BCUT2D eigenvalue weighted by molar-refractivity contribution is -0.124. The number of carbonyl (C=O) groups is 1. The van der Waals surface area contributed by atoms with Crippen molar-refractivity contribution in [2.75, 3.05) is 11.5 Å². The maximum absolute atomic E-state index is 12.2. The molecular weight excluding hydrogens is 314 g/mol. The summed E-state index contributed by atoms with van der Waals surface area (Å²) in [6.45, 7) is 1.90. The van der Waals surface area contributed by atoms with E-state index >= 15 is 0 Å². The zero-order valence-electron chi connectivity index (χ0n) is 12.8. The normalized spacial score (nSPS) is 21.0. The van der Waals surface area contributed by atoms with Crippen LogP contribution in [-0.2, 0) is 14.6 Å². The van der Waals surface area contributed by atoms with Crippen LogP contribution in [0.2, 0.25) is 0 Å². The standard InChI is InChI=1S/C16H19N3O3S/c1-12(18-16(20)14-5-8-23(21,22)10-14)13-3-2-4-15(9-13)19-7-6-17-11-19/h2-4,6-7,9,11-12,14H,5,8,10H2,1H3,(H,18,20)/t12-,14-/m0/s1. The van der Waals surface area contributed by atoms with Crippen LogP contribution in [0.3, 0.4) is 0 Å². The number of hydrogen-bond donors (Lipinski definition) is 1. The lowest BCUT2D eigenvalue weighted by Crippen LogP contribution is -2.33. The van der Waals surface area contributed by atoms with Crippen molar-refractivity contribution in [1.29, 1.82) is 0 Å². The fraction of sp³-hybridized carbons (Fsp3) is 0.375. The summed E-state index contributed by atoms with van der Waals surface area (Å²) in [5, 5.41) is 2.92. The minimum absolute atomic E-state index is 0.0410. The van der Waals surface area contributed by atoms with Gasteiger partial charge in [-0.1, -0.05) is 12.1 Å². The number of rotatable bonds is 4. The van der Waals surface area contributed by atoms with E-state index in [-0.39, 0.29) is 23.5 Å². The Morgan fingerprint density at radius 1 is 1.43 bits per heavy atom. The number of amides is 1. The maximum Gasteiger partial charge on any atom is 0.224 e. The molecule has 0 unspecified atom stereocenters. The van der Waals surface area contributed by atoms with Crippen LogP contribution in [0.25, 0.3) is 5.69 Å². The zero-order valence-corrected chi connectivity index (χ0v) is 13.7. The van der Waals surface area contributed by atoms with Crippen LogP contribution in [0.15, 0.2) is 43.0 Å². The Labute approximate surface area is 135 Å². The Kier molecular flexibility index (Phi) is 4.21. The summed E-state index contributed by atoms with van der Waals surface area (Å²) in [5.74, 6) is -0.554. The van der Waals surface area contributed by atoms with Crippen molar-refractivity contribution >= 4 is 15.7 Å². The molecule has 3 rings (SSSR count). The molecule has 1 aliphatic rings. The van der Waals surface area contributed by atoms with E-state index < -0.39 is 15.8 Å². The van der Waals surface area contributed by atoms with Gasteiger partial charge < -0.3 is 9.88 Å². The molecule has 0 spiro atoms. The van der Waals surface area contributed by atoms with E-state index in [4.69, 9.17) is 0 Å². The Morgan fingerprint density at radius 2 is 2.26 bits per heavy atom. The van der Waals surface area contributed by atoms with Gasteiger partial charge in [0.25, 0.3) is 0 Å². The first-order chi connectivity index (χ1) is 10.9. The monoisotopic (exact) mass is 333 g/mol. The average Bonchev–Trinajstić information content (AvgIpc) is 3.16. The van der Waals surface area contributed by atoms with Crippen LogP contribution in [0.4, 0.5) is 0 Å².